The third-order valence-corrected chi connectivity index (χ3v) is 5.93. The molecule has 7 heteroatoms. The summed E-state index contributed by atoms with van der Waals surface area (Å²) in [6, 6.07) is 1.68. The third-order valence-electron chi connectivity index (χ3n) is 5.65. The van der Waals surface area contributed by atoms with Gasteiger partial charge in [-0.2, -0.15) is 5.10 Å². The van der Waals surface area contributed by atoms with Crippen LogP contribution in [0.5, 0.6) is 0 Å². The summed E-state index contributed by atoms with van der Waals surface area (Å²) in [5.41, 5.74) is 3.66. The van der Waals surface area contributed by atoms with Crippen LogP contribution in [0.15, 0.2) is 17.1 Å². The van der Waals surface area contributed by atoms with Crippen LogP contribution in [0.25, 0.3) is 0 Å². The van der Waals surface area contributed by atoms with Crippen molar-refractivity contribution in [3.8, 4) is 0 Å². The van der Waals surface area contributed by atoms with E-state index in [0.717, 1.165) is 50.6 Å². The first-order chi connectivity index (χ1) is 12.5. The Hall–Kier alpha value is -2.08. The minimum atomic E-state index is -0.377. The molecule has 2 aliphatic rings. The number of rotatable bonds is 4. The largest absolute Gasteiger partial charge is 0.330 e. The van der Waals surface area contributed by atoms with Crippen LogP contribution in [-0.4, -0.2) is 31.6 Å². The normalized spacial score (nSPS) is 16.8. The fraction of sp³-hybridized carbons (Fsp3) is 0.526. The van der Waals surface area contributed by atoms with Gasteiger partial charge in [-0.1, -0.05) is 24.4 Å². The van der Waals surface area contributed by atoms with E-state index < -0.39 is 0 Å². The molecule has 1 N–H and O–H groups in total. The van der Waals surface area contributed by atoms with E-state index in [1.54, 1.807) is 0 Å². The Labute approximate surface area is 157 Å². The topological polar surface area (TPSA) is 71.0 Å². The van der Waals surface area contributed by atoms with Gasteiger partial charge in [0.1, 0.15) is 5.02 Å². The van der Waals surface area contributed by atoms with E-state index in [4.69, 9.17) is 16.7 Å². The Kier molecular flexibility index (Phi) is 4.61. The fourth-order valence-electron chi connectivity index (χ4n) is 4.31. The van der Waals surface area contributed by atoms with E-state index in [0.29, 0.717) is 12.1 Å². The second-order valence-electron chi connectivity index (χ2n) is 7.29. The van der Waals surface area contributed by atoms with Gasteiger partial charge in [0.25, 0.3) is 11.5 Å². The lowest BCUT2D eigenvalue weighted by atomic mass is 10.1. The minimum absolute atomic E-state index is 0.0425. The number of aryl methyl sites for hydroxylation is 1. The van der Waals surface area contributed by atoms with E-state index in [1.165, 1.54) is 23.5 Å². The maximum Gasteiger partial charge on any atom is 0.266 e. The molecule has 1 saturated carbocycles. The van der Waals surface area contributed by atoms with E-state index in [9.17, 15) is 9.59 Å². The van der Waals surface area contributed by atoms with Gasteiger partial charge in [-0.3, -0.25) is 14.3 Å². The molecule has 0 bridgehead atoms. The van der Waals surface area contributed by atoms with Crippen molar-refractivity contribution < 1.29 is 4.79 Å². The molecule has 2 aromatic heterocycles. The standard InChI is InChI=1S/C19H23ClN4O2/c1-23-17-8-4-7-14(17)16(22-23)11-24(13-5-2-3-6-13)19(26)12-9-15(20)18(25)21-10-12/h9-10,13H,2-8,11H2,1H3,(H,21,25). The number of nitrogens with zero attached hydrogens (tertiary/aromatic N) is 3. The summed E-state index contributed by atoms with van der Waals surface area (Å²) in [5, 5.41) is 4.73. The maximum absolute atomic E-state index is 13.2. The first-order valence-electron chi connectivity index (χ1n) is 9.27. The number of pyridine rings is 1. The number of carbonyl (C=O) groups is 1. The third kappa shape index (κ3) is 3.07. The first kappa shape index (κ1) is 17.3. The van der Waals surface area contributed by atoms with Crippen LogP contribution >= 0.6 is 11.6 Å². The second-order valence-corrected chi connectivity index (χ2v) is 7.69. The zero-order valence-corrected chi connectivity index (χ0v) is 15.7. The Morgan fingerprint density at radius 2 is 2.12 bits per heavy atom. The van der Waals surface area contributed by atoms with Crippen LogP contribution < -0.4 is 5.56 Å². The van der Waals surface area contributed by atoms with Crippen molar-refractivity contribution in [1.82, 2.24) is 19.7 Å². The summed E-state index contributed by atoms with van der Waals surface area (Å²) < 4.78 is 1.96. The van der Waals surface area contributed by atoms with E-state index >= 15 is 0 Å². The number of nitrogens with one attached hydrogen (secondary N) is 1. The molecule has 138 valence electrons. The smallest absolute Gasteiger partial charge is 0.266 e. The van der Waals surface area contributed by atoms with Crippen LogP contribution in [0.4, 0.5) is 0 Å². The van der Waals surface area contributed by atoms with Gasteiger partial charge in [0.05, 0.1) is 17.8 Å². The molecular formula is C19H23ClN4O2. The van der Waals surface area contributed by atoms with Crippen LogP contribution in [0.2, 0.25) is 5.02 Å². The lowest BCUT2D eigenvalue weighted by Gasteiger charge is -2.29. The highest BCUT2D eigenvalue weighted by atomic mass is 35.5. The minimum Gasteiger partial charge on any atom is -0.330 e. The lowest BCUT2D eigenvalue weighted by molar-refractivity contribution is 0.0660. The highest BCUT2D eigenvalue weighted by molar-refractivity contribution is 6.30. The lowest BCUT2D eigenvalue weighted by Crippen LogP contribution is -2.39. The van der Waals surface area contributed by atoms with Crippen molar-refractivity contribution in [3.63, 3.8) is 0 Å². The Bertz CT molecular complexity index is 895. The van der Waals surface area contributed by atoms with E-state index in [2.05, 4.69) is 4.98 Å². The molecule has 4 rings (SSSR count). The molecule has 2 aromatic rings. The van der Waals surface area contributed by atoms with Gasteiger partial charge in [0, 0.05) is 25.0 Å². The molecule has 1 amide bonds. The zero-order chi connectivity index (χ0) is 18.3. The number of aromatic nitrogens is 3. The summed E-state index contributed by atoms with van der Waals surface area (Å²) in [4.78, 5) is 29.2. The Morgan fingerprint density at radius 1 is 1.35 bits per heavy atom. The second kappa shape index (κ2) is 6.91. The number of hydrogen-bond donors (Lipinski definition) is 1. The predicted molar refractivity (Wildman–Crippen MR) is 99.4 cm³/mol. The molecule has 0 atom stereocenters. The van der Waals surface area contributed by atoms with Gasteiger partial charge in [-0.25, -0.2) is 0 Å². The Morgan fingerprint density at radius 3 is 2.85 bits per heavy atom. The highest BCUT2D eigenvalue weighted by Crippen LogP contribution is 2.30. The number of fused-ring (bicyclic) bond motifs is 1. The van der Waals surface area contributed by atoms with Gasteiger partial charge in [-0.15, -0.1) is 0 Å². The number of halogens is 1. The van der Waals surface area contributed by atoms with Gasteiger partial charge in [0.2, 0.25) is 0 Å². The fourth-order valence-corrected chi connectivity index (χ4v) is 4.49. The summed E-state index contributed by atoms with van der Waals surface area (Å²) in [7, 11) is 1.98. The van der Waals surface area contributed by atoms with Gasteiger partial charge in [0.15, 0.2) is 0 Å². The highest BCUT2D eigenvalue weighted by Gasteiger charge is 2.31. The SMILES string of the molecule is Cn1nc(CN(C(=O)c2c[nH]c(=O)c(Cl)c2)C2CCCC2)c2c1CCC2. The zero-order valence-electron chi connectivity index (χ0n) is 14.9. The van der Waals surface area contributed by atoms with Crippen LogP contribution in [-0.2, 0) is 26.4 Å². The molecule has 6 nitrogen and oxygen atoms in total. The predicted octanol–water partition coefficient (Wildman–Crippen LogP) is 2.84. The van der Waals surface area contributed by atoms with Crippen molar-refractivity contribution >= 4 is 17.5 Å². The Balaban J connectivity index is 1.66. The molecule has 0 unspecified atom stereocenters. The van der Waals surface area contributed by atoms with Crippen LogP contribution in [0.1, 0.15) is 59.4 Å². The average Bonchev–Trinajstić information content (AvgIpc) is 3.35. The number of hydrogen-bond acceptors (Lipinski definition) is 3. The van der Waals surface area contributed by atoms with E-state index in [1.807, 2.05) is 16.6 Å². The van der Waals surface area contributed by atoms with Crippen molar-refractivity contribution in [1.29, 1.82) is 0 Å². The molecule has 2 aliphatic carbocycles. The summed E-state index contributed by atoms with van der Waals surface area (Å²) >= 11 is 5.93. The molecule has 0 radical (unpaired) electrons. The first-order valence-corrected chi connectivity index (χ1v) is 9.65. The van der Waals surface area contributed by atoms with Crippen molar-refractivity contribution in [2.24, 2.45) is 7.05 Å². The van der Waals surface area contributed by atoms with Gasteiger partial charge in [-0.05, 0) is 43.7 Å². The van der Waals surface area contributed by atoms with Crippen molar-refractivity contribution in [2.45, 2.75) is 57.5 Å². The molecule has 26 heavy (non-hydrogen) atoms. The summed E-state index contributed by atoms with van der Waals surface area (Å²) in [5.74, 6) is -0.0903. The quantitative estimate of drug-likeness (QED) is 0.894. The molecule has 0 aliphatic heterocycles. The van der Waals surface area contributed by atoms with Crippen molar-refractivity contribution in [2.75, 3.05) is 0 Å². The summed E-state index contributed by atoms with van der Waals surface area (Å²) in [6.07, 6.45) is 9.02. The molecule has 0 saturated heterocycles. The van der Waals surface area contributed by atoms with Crippen LogP contribution in [0, 0.1) is 0 Å². The van der Waals surface area contributed by atoms with E-state index in [-0.39, 0.29) is 22.5 Å². The average molecular weight is 375 g/mol. The molecule has 1 fully saturated rings. The molecule has 0 spiro atoms. The number of carbonyl (C=O) groups excluding carboxylic acids is 1. The molecule has 2 heterocycles. The monoisotopic (exact) mass is 374 g/mol. The maximum atomic E-state index is 13.2. The molecule has 0 aromatic carbocycles. The number of H-pyrrole nitrogens is 1. The number of aromatic amines is 1. The molecular weight excluding hydrogens is 352 g/mol. The number of amides is 1. The van der Waals surface area contributed by atoms with Crippen LogP contribution in [0.3, 0.4) is 0 Å². The van der Waals surface area contributed by atoms with Gasteiger partial charge >= 0.3 is 0 Å². The van der Waals surface area contributed by atoms with Gasteiger partial charge < -0.3 is 9.88 Å². The van der Waals surface area contributed by atoms with Crippen molar-refractivity contribution in [3.05, 3.63) is 50.2 Å². The summed E-state index contributed by atoms with van der Waals surface area (Å²) in [6.45, 7) is 0.517.